The minimum Gasteiger partial charge on any atom is -0.295 e. The third-order valence-corrected chi connectivity index (χ3v) is 6.52. The molecule has 0 aliphatic rings. The molecule has 34 heavy (non-hydrogen) atoms. The van der Waals surface area contributed by atoms with E-state index in [0.29, 0.717) is 0 Å². The highest BCUT2D eigenvalue weighted by Gasteiger charge is 2.22. The summed E-state index contributed by atoms with van der Waals surface area (Å²) in [5.74, 6) is 0.910. The van der Waals surface area contributed by atoms with E-state index in [2.05, 4.69) is 130 Å². The van der Waals surface area contributed by atoms with Crippen molar-refractivity contribution < 1.29 is 0 Å². The van der Waals surface area contributed by atoms with E-state index < -0.39 is 0 Å². The Kier molecular flexibility index (Phi) is 4.15. The molecule has 0 saturated carbocycles. The van der Waals surface area contributed by atoms with Crippen LogP contribution in [0, 0.1) is 0 Å². The van der Waals surface area contributed by atoms with Crippen molar-refractivity contribution in [1.29, 1.82) is 0 Å². The molecule has 0 aliphatic carbocycles. The van der Waals surface area contributed by atoms with E-state index in [0.717, 1.165) is 33.9 Å². The minimum atomic E-state index is 0.910. The third-order valence-electron chi connectivity index (χ3n) is 6.52. The van der Waals surface area contributed by atoms with Gasteiger partial charge in [-0.1, -0.05) is 91.0 Å². The van der Waals surface area contributed by atoms with E-state index >= 15 is 0 Å². The lowest BCUT2D eigenvalue weighted by atomic mass is 10.1. The molecule has 7 aromatic rings. The van der Waals surface area contributed by atoms with Crippen LogP contribution in [-0.2, 0) is 0 Å². The number of nitrogens with zero attached hydrogens (tertiary/aromatic N) is 3. The van der Waals surface area contributed by atoms with Gasteiger partial charge in [0, 0.05) is 27.4 Å². The summed E-state index contributed by atoms with van der Waals surface area (Å²) in [5.41, 5.74) is 6.69. The summed E-state index contributed by atoms with van der Waals surface area (Å²) in [5, 5.41) is 3.73. The molecule has 3 nitrogen and oxygen atoms in total. The lowest BCUT2D eigenvalue weighted by molar-refractivity contribution is 1.02. The third kappa shape index (κ3) is 2.74. The molecule has 0 unspecified atom stereocenters. The van der Waals surface area contributed by atoms with E-state index in [1.54, 1.807) is 0 Å². The molecule has 0 N–H and O–H groups in total. The highest BCUT2D eigenvalue weighted by Crippen LogP contribution is 2.40. The maximum absolute atomic E-state index is 5.14. The van der Waals surface area contributed by atoms with Gasteiger partial charge >= 0.3 is 0 Å². The Bertz CT molecular complexity index is 1790. The first-order valence-electron chi connectivity index (χ1n) is 11.5. The molecular weight excluding hydrogens is 414 g/mol. The molecule has 3 aromatic heterocycles. The van der Waals surface area contributed by atoms with Crippen molar-refractivity contribution in [3.8, 4) is 22.8 Å². The summed E-state index contributed by atoms with van der Waals surface area (Å²) in [6, 6.07) is 44.5. The number of aromatic nitrogens is 3. The molecule has 0 radical (unpaired) electrons. The van der Waals surface area contributed by atoms with Crippen LogP contribution < -0.4 is 0 Å². The van der Waals surface area contributed by atoms with Gasteiger partial charge in [0.05, 0.1) is 16.7 Å². The van der Waals surface area contributed by atoms with Gasteiger partial charge in [-0.3, -0.25) is 9.13 Å². The average Bonchev–Trinajstić information content (AvgIpc) is 3.42. The number of hydrogen-bond donors (Lipinski definition) is 0. The summed E-state index contributed by atoms with van der Waals surface area (Å²) < 4.78 is 4.67. The monoisotopic (exact) mass is 435 g/mol. The van der Waals surface area contributed by atoms with Crippen LogP contribution in [0.15, 0.2) is 127 Å². The Morgan fingerprint density at radius 3 is 1.76 bits per heavy atom. The zero-order valence-electron chi connectivity index (χ0n) is 18.5. The molecule has 3 heteroatoms. The summed E-state index contributed by atoms with van der Waals surface area (Å²) in [6.45, 7) is 0. The zero-order chi connectivity index (χ0) is 22.5. The number of pyridine rings is 1. The quantitative estimate of drug-likeness (QED) is 0.278. The van der Waals surface area contributed by atoms with Gasteiger partial charge in [0.2, 0.25) is 0 Å². The normalized spacial score (nSPS) is 11.5. The molecule has 0 spiro atoms. The lowest BCUT2D eigenvalue weighted by Gasteiger charge is -2.13. The Morgan fingerprint density at radius 1 is 0.471 bits per heavy atom. The number of fused-ring (bicyclic) bond motifs is 5. The van der Waals surface area contributed by atoms with Crippen molar-refractivity contribution >= 4 is 32.8 Å². The molecule has 0 fully saturated rings. The first-order chi connectivity index (χ1) is 16.9. The van der Waals surface area contributed by atoms with Gasteiger partial charge in [-0.2, -0.15) is 0 Å². The van der Waals surface area contributed by atoms with Crippen LogP contribution in [0.1, 0.15) is 0 Å². The summed E-state index contributed by atoms with van der Waals surface area (Å²) in [7, 11) is 0. The molecule has 7 rings (SSSR count). The van der Waals surface area contributed by atoms with Crippen LogP contribution in [0.4, 0.5) is 0 Å². The fraction of sp³-hybridized carbons (Fsp3) is 0. The number of benzene rings is 4. The molecule has 0 amide bonds. The molecule has 0 bridgehead atoms. The first-order valence-corrected chi connectivity index (χ1v) is 11.5. The van der Waals surface area contributed by atoms with Gasteiger partial charge in [0.1, 0.15) is 11.5 Å². The van der Waals surface area contributed by atoms with Crippen molar-refractivity contribution in [2.75, 3.05) is 0 Å². The van der Waals surface area contributed by atoms with Gasteiger partial charge in [0.15, 0.2) is 0 Å². The van der Waals surface area contributed by atoms with Gasteiger partial charge in [-0.15, -0.1) is 0 Å². The van der Waals surface area contributed by atoms with Gasteiger partial charge in [-0.25, -0.2) is 4.98 Å². The van der Waals surface area contributed by atoms with Crippen molar-refractivity contribution in [2.45, 2.75) is 0 Å². The predicted octanol–water partition coefficient (Wildman–Crippen LogP) is 7.79. The van der Waals surface area contributed by atoms with E-state index in [1.165, 1.54) is 21.7 Å². The van der Waals surface area contributed by atoms with Crippen molar-refractivity contribution in [3.63, 3.8) is 0 Å². The van der Waals surface area contributed by atoms with E-state index in [4.69, 9.17) is 4.98 Å². The second-order valence-corrected chi connectivity index (χ2v) is 8.49. The molecule has 0 saturated heterocycles. The Morgan fingerprint density at radius 2 is 1.06 bits per heavy atom. The maximum Gasteiger partial charge on any atom is 0.139 e. The van der Waals surface area contributed by atoms with Crippen molar-refractivity contribution in [3.05, 3.63) is 127 Å². The van der Waals surface area contributed by atoms with E-state index in [9.17, 15) is 0 Å². The second kappa shape index (κ2) is 7.46. The molecule has 4 aromatic carbocycles. The Labute approximate surface area is 197 Å². The average molecular weight is 436 g/mol. The fourth-order valence-corrected chi connectivity index (χ4v) is 5.09. The van der Waals surface area contributed by atoms with Crippen LogP contribution in [0.3, 0.4) is 0 Å². The Balaban J connectivity index is 1.65. The number of hydrogen-bond acceptors (Lipinski definition) is 1. The van der Waals surface area contributed by atoms with E-state index in [1.807, 2.05) is 6.07 Å². The Hall–Kier alpha value is -4.63. The highest BCUT2D eigenvalue weighted by atomic mass is 15.2. The van der Waals surface area contributed by atoms with Crippen LogP contribution in [-0.4, -0.2) is 14.1 Å². The number of para-hydroxylation sites is 3. The summed E-state index contributed by atoms with van der Waals surface area (Å²) >= 11 is 0. The molecule has 3 heterocycles. The SMILES string of the molecule is c1ccc(-c2cccc(-n3c4ccccc4c4c5ccccc5n(-c5ccccc5)c43)n2)cc1. The van der Waals surface area contributed by atoms with Crippen molar-refractivity contribution in [2.24, 2.45) is 0 Å². The van der Waals surface area contributed by atoms with Gasteiger partial charge in [-0.05, 0) is 36.4 Å². The van der Waals surface area contributed by atoms with Crippen LogP contribution >= 0.6 is 0 Å². The van der Waals surface area contributed by atoms with Crippen LogP contribution in [0.5, 0.6) is 0 Å². The zero-order valence-corrected chi connectivity index (χ0v) is 18.5. The van der Waals surface area contributed by atoms with Crippen LogP contribution in [0.25, 0.3) is 55.6 Å². The largest absolute Gasteiger partial charge is 0.295 e. The summed E-state index contributed by atoms with van der Waals surface area (Å²) in [4.78, 5) is 5.14. The predicted molar refractivity (Wildman–Crippen MR) is 141 cm³/mol. The van der Waals surface area contributed by atoms with Gasteiger partial charge in [0.25, 0.3) is 0 Å². The summed E-state index contributed by atoms with van der Waals surface area (Å²) in [6.07, 6.45) is 0. The van der Waals surface area contributed by atoms with Gasteiger partial charge < -0.3 is 0 Å². The second-order valence-electron chi connectivity index (χ2n) is 8.49. The van der Waals surface area contributed by atoms with Crippen molar-refractivity contribution in [1.82, 2.24) is 14.1 Å². The molecular formula is C31H21N3. The standard InChI is InChI=1S/C31H21N3/c1-3-12-22(13-4-1)26-18-11-21-29(32-26)34-28-20-10-8-17-25(28)30-24-16-7-9-19-27(24)33(31(30)34)23-14-5-2-6-15-23/h1-21H. The lowest BCUT2D eigenvalue weighted by Crippen LogP contribution is -2.03. The minimum absolute atomic E-state index is 0.910. The smallest absolute Gasteiger partial charge is 0.139 e. The molecule has 0 atom stereocenters. The van der Waals surface area contributed by atoms with E-state index in [-0.39, 0.29) is 0 Å². The maximum atomic E-state index is 5.14. The fourth-order valence-electron chi connectivity index (χ4n) is 5.09. The highest BCUT2D eigenvalue weighted by molar-refractivity contribution is 6.22. The molecule has 160 valence electrons. The first kappa shape index (κ1) is 18.9. The topological polar surface area (TPSA) is 22.8 Å². The number of rotatable bonds is 3. The molecule has 0 aliphatic heterocycles. The van der Waals surface area contributed by atoms with Crippen LogP contribution in [0.2, 0.25) is 0 Å².